The van der Waals surface area contributed by atoms with Gasteiger partial charge in [0.1, 0.15) is 0 Å². The van der Waals surface area contributed by atoms with Crippen molar-refractivity contribution < 1.29 is 8.78 Å². The molecular weight excluding hydrogens is 410 g/mol. The Balaban J connectivity index is 1.16. The maximum atomic E-state index is 14.4. The zero-order chi connectivity index (χ0) is 23.2. The van der Waals surface area contributed by atoms with E-state index >= 15 is 0 Å². The van der Waals surface area contributed by atoms with Gasteiger partial charge in [-0.15, -0.1) is 6.58 Å². The van der Waals surface area contributed by atoms with Gasteiger partial charge in [-0.05, 0) is 112 Å². The standard InChI is InChI=1S/C31H44F2/c1-3-4-5-23-9-15-26(16-10-23)27-17-11-24(12-18-27)7-8-25-13-19-28(20-14-25)29-21-6-22(2)30(32)31(29)33/h3,6,19,21,23-27H,1,4-5,7-18,20H2,2H3. The van der Waals surface area contributed by atoms with Gasteiger partial charge in [0.15, 0.2) is 11.6 Å². The Morgan fingerprint density at radius 1 is 0.788 bits per heavy atom. The van der Waals surface area contributed by atoms with Gasteiger partial charge < -0.3 is 0 Å². The fourth-order valence-corrected chi connectivity index (χ4v) is 7.01. The van der Waals surface area contributed by atoms with Crippen LogP contribution in [0.5, 0.6) is 0 Å². The minimum absolute atomic E-state index is 0.386. The van der Waals surface area contributed by atoms with E-state index in [9.17, 15) is 8.78 Å². The van der Waals surface area contributed by atoms with E-state index in [1.165, 1.54) is 77.0 Å². The Morgan fingerprint density at radius 2 is 1.39 bits per heavy atom. The molecule has 0 aromatic heterocycles. The second kappa shape index (κ2) is 11.8. The minimum atomic E-state index is -0.688. The van der Waals surface area contributed by atoms with Gasteiger partial charge in [0, 0.05) is 5.56 Å². The second-order valence-corrected chi connectivity index (χ2v) is 11.4. The number of halogens is 2. The Labute approximate surface area is 200 Å². The summed E-state index contributed by atoms with van der Waals surface area (Å²) < 4.78 is 28.3. The highest BCUT2D eigenvalue weighted by molar-refractivity contribution is 5.67. The van der Waals surface area contributed by atoms with Crippen molar-refractivity contribution in [1.82, 2.24) is 0 Å². The molecule has 2 heteroatoms. The fourth-order valence-electron chi connectivity index (χ4n) is 7.01. The monoisotopic (exact) mass is 454 g/mol. The lowest BCUT2D eigenvalue weighted by Crippen LogP contribution is -2.26. The van der Waals surface area contributed by atoms with Crippen molar-refractivity contribution in [2.24, 2.45) is 29.6 Å². The van der Waals surface area contributed by atoms with E-state index in [0.29, 0.717) is 11.1 Å². The van der Waals surface area contributed by atoms with Crippen LogP contribution in [0.25, 0.3) is 5.57 Å². The SMILES string of the molecule is C=CCCC1CCC(C2CCC(CCC3CC=C(c4ccc(C)c(F)c4F)CC3)CC2)CC1. The average Bonchev–Trinajstić information content (AvgIpc) is 2.86. The molecule has 0 nitrogen and oxygen atoms in total. The first-order valence-corrected chi connectivity index (χ1v) is 13.8. The van der Waals surface area contributed by atoms with Crippen LogP contribution < -0.4 is 0 Å². The van der Waals surface area contributed by atoms with Crippen LogP contribution in [0.1, 0.15) is 107 Å². The van der Waals surface area contributed by atoms with Crippen LogP contribution in [0.2, 0.25) is 0 Å². The second-order valence-electron chi connectivity index (χ2n) is 11.4. The highest BCUT2D eigenvalue weighted by Gasteiger charge is 2.31. The third-order valence-corrected chi connectivity index (χ3v) is 9.35. The zero-order valence-electron chi connectivity index (χ0n) is 20.8. The Morgan fingerprint density at radius 3 is 1.97 bits per heavy atom. The Hall–Kier alpha value is -1.44. The van der Waals surface area contributed by atoms with Gasteiger partial charge in [-0.3, -0.25) is 0 Å². The molecule has 1 atom stereocenters. The number of aryl methyl sites for hydroxylation is 1. The first-order chi connectivity index (χ1) is 16.0. The lowest BCUT2D eigenvalue weighted by atomic mass is 9.68. The van der Waals surface area contributed by atoms with Crippen LogP contribution in [0.3, 0.4) is 0 Å². The number of hydrogen-bond acceptors (Lipinski definition) is 0. The van der Waals surface area contributed by atoms with Crippen LogP contribution in [0.4, 0.5) is 8.78 Å². The topological polar surface area (TPSA) is 0 Å². The third-order valence-electron chi connectivity index (χ3n) is 9.35. The molecule has 182 valence electrons. The summed E-state index contributed by atoms with van der Waals surface area (Å²) in [6.45, 7) is 5.50. The minimum Gasteiger partial charge on any atom is -0.203 e. The molecule has 0 bridgehead atoms. The van der Waals surface area contributed by atoms with Crippen LogP contribution >= 0.6 is 0 Å². The molecule has 33 heavy (non-hydrogen) atoms. The van der Waals surface area contributed by atoms with Crippen molar-refractivity contribution in [2.45, 2.75) is 103 Å². The predicted molar refractivity (Wildman–Crippen MR) is 136 cm³/mol. The zero-order valence-corrected chi connectivity index (χ0v) is 20.8. The largest absolute Gasteiger partial charge is 0.203 e. The van der Waals surface area contributed by atoms with Gasteiger partial charge in [-0.1, -0.05) is 56.4 Å². The molecule has 1 aromatic rings. The summed E-state index contributed by atoms with van der Waals surface area (Å²) in [6, 6.07) is 3.46. The molecule has 1 aromatic carbocycles. The molecule has 0 saturated heterocycles. The van der Waals surface area contributed by atoms with E-state index in [0.717, 1.165) is 54.4 Å². The Kier molecular flexibility index (Phi) is 8.83. The van der Waals surface area contributed by atoms with Crippen LogP contribution in [0.15, 0.2) is 30.9 Å². The first-order valence-electron chi connectivity index (χ1n) is 13.8. The molecule has 3 aliphatic carbocycles. The molecule has 2 fully saturated rings. The van der Waals surface area contributed by atoms with Crippen LogP contribution in [-0.2, 0) is 0 Å². The van der Waals surface area contributed by atoms with Crippen molar-refractivity contribution in [2.75, 3.05) is 0 Å². The lowest BCUT2D eigenvalue weighted by Gasteiger charge is -2.38. The van der Waals surface area contributed by atoms with Gasteiger partial charge in [0.25, 0.3) is 0 Å². The van der Waals surface area contributed by atoms with Gasteiger partial charge in [-0.25, -0.2) is 8.78 Å². The van der Waals surface area contributed by atoms with Crippen LogP contribution in [0, 0.1) is 48.1 Å². The summed E-state index contributed by atoms with van der Waals surface area (Å²) in [5.74, 6) is 3.23. The number of hydrogen-bond donors (Lipinski definition) is 0. The van der Waals surface area contributed by atoms with Crippen molar-refractivity contribution in [3.05, 3.63) is 53.6 Å². The number of rotatable bonds is 8. The molecule has 1 unspecified atom stereocenters. The lowest BCUT2D eigenvalue weighted by molar-refractivity contribution is 0.139. The maximum absolute atomic E-state index is 14.4. The molecular formula is C31H44F2. The first kappa shape index (κ1) is 24.7. The van der Waals surface area contributed by atoms with Crippen molar-refractivity contribution in [3.8, 4) is 0 Å². The van der Waals surface area contributed by atoms with Crippen molar-refractivity contribution in [1.29, 1.82) is 0 Å². The van der Waals surface area contributed by atoms with E-state index in [2.05, 4.69) is 18.7 Å². The van der Waals surface area contributed by atoms with Crippen LogP contribution in [-0.4, -0.2) is 0 Å². The summed E-state index contributed by atoms with van der Waals surface area (Å²) in [5.41, 5.74) is 1.86. The quantitative estimate of drug-likeness (QED) is 0.343. The molecule has 4 rings (SSSR count). The van der Waals surface area contributed by atoms with E-state index < -0.39 is 11.6 Å². The molecule has 2 saturated carbocycles. The maximum Gasteiger partial charge on any atom is 0.166 e. The summed E-state index contributed by atoms with van der Waals surface area (Å²) in [7, 11) is 0. The predicted octanol–water partition coefficient (Wildman–Crippen LogP) is 9.82. The molecule has 0 heterocycles. The summed E-state index contributed by atoms with van der Waals surface area (Å²) >= 11 is 0. The smallest absolute Gasteiger partial charge is 0.166 e. The number of benzene rings is 1. The molecule has 0 radical (unpaired) electrons. The Bertz CT molecular complexity index is 806. The number of allylic oxidation sites excluding steroid dienone is 3. The van der Waals surface area contributed by atoms with E-state index in [1.54, 1.807) is 19.1 Å². The molecule has 0 amide bonds. The average molecular weight is 455 g/mol. The summed E-state index contributed by atoms with van der Waals surface area (Å²) in [5, 5.41) is 0. The van der Waals surface area contributed by atoms with Gasteiger partial charge in [0.05, 0.1) is 0 Å². The van der Waals surface area contributed by atoms with Crippen molar-refractivity contribution in [3.63, 3.8) is 0 Å². The van der Waals surface area contributed by atoms with Gasteiger partial charge in [0.2, 0.25) is 0 Å². The van der Waals surface area contributed by atoms with E-state index in [1.807, 2.05) is 0 Å². The molecule has 0 N–H and O–H groups in total. The molecule has 3 aliphatic rings. The van der Waals surface area contributed by atoms with Crippen molar-refractivity contribution >= 4 is 5.57 Å². The summed E-state index contributed by atoms with van der Waals surface area (Å²) in [4.78, 5) is 0. The van der Waals surface area contributed by atoms with Gasteiger partial charge in [-0.2, -0.15) is 0 Å². The summed E-state index contributed by atoms with van der Waals surface area (Å²) in [6.07, 6.45) is 24.1. The normalized spacial score (nSPS) is 30.6. The highest BCUT2D eigenvalue weighted by Crippen LogP contribution is 2.44. The molecule has 0 spiro atoms. The van der Waals surface area contributed by atoms with E-state index in [-0.39, 0.29) is 0 Å². The molecule has 0 aliphatic heterocycles. The van der Waals surface area contributed by atoms with Gasteiger partial charge >= 0.3 is 0 Å². The van der Waals surface area contributed by atoms with E-state index in [4.69, 9.17) is 0 Å². The third kappa shape index (κ3) is 6.37. The fraction of sp³-hybridized carbons (Fsp3) is 0.677. The highest BCUT2D eigenvalue weighted by atomic mass is 19.2.